The number of benzene rings is 1. The number of nitrogens with one attached hydrogen (secondary N) is 1. The molecule has 0 fully saturated rings. The minimum atomic E-state index is -0.302. The second-order valence-electron chi connectivity index (χ2n) is 5.34. The van der Waals surface area contributed by atoms with Gasteiger partial charge in [0.05, 0.1) is 11.5 Å². The van der Waals surface area contributed by atoms with Gasteiger partial charge in [0, 0.05) is 16.7 Å². The zero-order chi connectivity index (χ0) is 15.5. The van der Waals surface area contributed by atoms with Gasteiger partial charge in [0.1, 0.15) is 5.82 Å². The molecule has 21 heavy (non-hydrogen) atoms. The highest BCUT2D eigenvalue weighted by molar-refractivity contribution is 7.20. The Kier molecular flexibility index (Phi) is 4.96. The third kappa shape index (κ3) is 3.41. The molecule has 2 N–H and O–H groups in total. The van der Waals surface area contributed by atoms with Crippen LogP contribution in [0.3, 0.4) is 0 Å². The maximum absolute atomic E-state index is 13.2. The molecule has 0 aliphatic rings. The summed E-state index contributed by atoms with van der Waals surface area (Å²) in [5.74, 6) is -0.472. The lowest BCUT2D eigenvalue weighted by atomic mass is 9.83. The third-order valence-electron chi connectivity index (χ3n) is 4.16. The van der Waals surface area contributed by atoms with Gasteiger partial charge in [0.25, 0.3) is 5.91 Å². The van der Waals surface area contributed by atoms with E-state index in [0.717, 1.165) is 22.9 Å². The molecule has 0 unspecified atom stereocenters. The van der Waals surface area contributed by atoms with Crippen molar-refractivity contribution >= 4 is 27.3 Å². The average molecular weight is 309 g/mol. The molecule has 1 aromatic heterocycles. The number of thiophene rings is 1. The van der Waals surface area contributed by atoms with Crippen LogP contribution in [0.5, 0.6) is 0 Å². The zero-order valence-electron chi connectivity index (χ0n) is 12.3. The molecule has 5 heteroatoms. The number of aliphatic hydroxyl groups is 1. The molecule has 2 aromatic rings. The molecule has 114 valence electrons. The number of rotatable bonds is 6. The summed E-state index contributed by atoms with van der Waals surface area (Å²) < 4.78 is 14.1. The number of hydrogen-bond acceptors (Lipinski definition) is 3. The van der Waals surface area contributed by atoms with Gasteiger partial charge in [-0.15, -0.1) is 11.3 Å². The molecule has 1 amide bonds. The maximum atomic E-state index is 13.2. The van der Waals surface area contributed by atoms with Crippen molar-refractivity contribution in [3.63, 3.8) is 0 Å². The van der Waals surface area contributed by atoms with Crippen molar-refractivity contribution in [3.8, 4) is 0 Å². The number of carbonyl (C=O) groups excluding carboxylic acids is 1. The first-order valence-electron chi connectivity index (χ1n) is 7.11. The van der Waals surface area contributed by atoms with E-state index in [4.69, 9.17) is 0 Å². The normalized spacial score (nSPS) is 11.8. The fourth-order valence-electron chi connectivity index (χ4n) is 2.26. The third-order valence-corrected chi connectivity index (χ3v) is 5.28. The fourth-order valence-corrected chi connectivity index (χ4v) is 3.22. The zero-order valence-corrected chi connectivity index (χ0v) is 13.1. The smallest absolute Gasteiger partial charge is 0.261 e. The minimum Gasteiger partial charge on any atom is -0.396 e. The quantitative estimate of drug-likeness (QED) is 0.857. The Morgan fingerprint density at radius 3 is 2.67 bits per heavy atom. The molecule has 0 radical (unpaired) electrons. The summed E-state index contributed by atoms with van der Waals surface area (Å²) >= 11 is 1.35. The summed E-state index contributed by atoms with van der Waals surface area (Å²) in [7, 11) is 0. The van der Waals surface area contributed by atoms with Crippen LogP contribution < -0.4 is 5.32 Å². The summed E-state index contributed by atoms with van der Waals surface area (Å²) in [6.45, 7) is 4.51. The van der Waals surface area contributed by atoms with Crippen LogP contribution in [0.15, 0.2) is 24.3 Å². The Morgan fingerprint density at radius 1 is 1.33 bits per heavy atom. The van der Waals surface area contributed by atoms with Crippen molar-refractivity contribution in [2.45, 2.75) is 26.7 Å². The summed E-state index contributed by atoms with van der Waals surface area (Å²) in [5, 5.41) is 13.1. The van der Waals surface area contributed by atoms with Crippen molar-refractivity contribution in [1.82, 2.24) is 5.32 Å². The van der Waals surface area contributed by atoms with Gasteiger partial charge in [0.2, 0.25) is 0 Å². The van der Waals surface area contributed by atoms with E-state index in [2.05, 4.69) is 5.32 Å². The summed E-state index contributed by atoms with van der Waals surface area (Å²) in [6, 6.07) is 6.21. The first-order valence-corrected chi connectivity index (χ1v) is 7.93. The van der Waals surface area contributed by atoms with Gasteiger partial charge >= 0.3 is 0 Å². The number of carbonyl (C=O) groups is 1. The highest BCUT2D eigenvalue weighted by Gasteiger charge is 2.26. The minimum absolute atomic E-state index is 0.0535. The number of aliphatic hydroxyl groups excluding tert-OH is 1. The topological polar surface area (TPSA) is 49.3 Å². The van der Waals surface area contributed by atoms with E-state index < -0.39 is 0 Å². The van der Waals surface area contributed by atoms with Crippen molar-refractivity contribution in [3.05, 3.63) is 35.0 Å². The standard InChI is InChI=1S/C16H20FNO2S/c1-3-16(4-2,10-19)9-18-15(20)14-8-11-7-12(17)5-6-13(11)21-14/h5-8,19H,3-4,9-10H2,1-2H3,(H,18,20). The van der Waals surface area contributed by atoms with Crippen LogP contribution in [-0.2, 0) is 0 Å². The Hall–Kier alpha value is -1.46. The van der Waals surface area contributed by atoms with E-state index in [9.17, 15) is 14.3 Å². The molecule has 0 bridgehead atoms. The highest BCUT2D eigenvalue weighted by atomic mass is 32.1. The first-order chi connectivity index (χ1) is 10.0. The number of hydrogen-bond donors (Lipinski definition) is 2. The van der Waals surface area contributed by atoms with Crippen LogP contribution in [0, 0.1) is 11.2 Å². The Balaban J connectivity index is 2.12. The van der Waals surface area contributed by atoms with Crippen LogP contribution in [0.4, 0.5) is 4.39 Å². The predicted octanol–water partition coefficient (Wildman–Crippen LogP) is 3.57. The van der Waals surface area contributed by atoms with Gasteiger partial charge in [-0.3, -0.25) is 4.79 Å². The summed E-state index contributed by atoms with van der Waals surface area (Å²) in [4.78, 5) is 12.8. The number of halogens is 1. The second kappa shape index (κ2) is 6.54. The Labute approximate surface area is 127 Å². The van der Waals surface area contributed by atoms with Crippen LogP contribution in [-0.4, -0.2) is 24.2 Å². The number of fused-ring (bicyclic) bond motifs is 1. The van der Waals surface area contributed by atoms with Gasteiger partial charge in [-0.25, -0.2) is 4.39 Å². The van der Waals surface area contributed by atoms with E-state index in [0.29, 0.717) is 11.4 Å². The van der Waals surface area contributed by atoms with Crippen molar-refractivity contribution in [2.75, 3.05) is 13.2 Å². The molecule has 0 atom stereocenters. The van der Waals surface area contributed by atoms with E-state index in [1.54, 1.807) is 12.1 Å². The molecule has 1 heterocycles. The molecule has 1 aromatic carbocycles. The lowest BCUT2D eigenvalue weighted by Crippen LogP contribution is -2.39. The summed E-state index contributed by atoms with van der Waals surface area (Å²) in [5.41, 5.74) is -0.265. The predicted molar refractivity (Wildman–Crippen MR) is 84.2 cm³/mol. The molecule has 2 rings (SSSR count). The molecular weight excluding hydrogens is 289 g/mol. The van der Waals surface area contributed by atoms with Crippen LogP contribution in [0.1, 0.15) is 36.4 Å². The molecule has 0 aliphatic carbocycles. The van der Waals surface area contributed by atoms with Gasteiger partial charge in [-0.1, -0.05) is 13.8 Å². The van der Waals surface area contributed by atoms with Crippen molar-refractivity contribution in [2.24, 2.45) is 5.41 Å². The first kappa shape index (κ1) is 15.9. The Bertz CT molecular complexity index is 626. The van der Waals surface area contributed by atoms with E-state index >= 15 is 0 Å². The lowest BCUT2D eigenvalue weighted by molar-refractivity contribution is 0.0854. The van der Waals surface area contributed by atoms with Crippen molar-refractivity contribution in [1.29, 1.82) is 0 Å². The highest BCUT2D eigenvalue weighted by Crippen LogP contribution is 2.27. The van der Waals surface area contributed by atoms with Crippen LogP contribution >= 0.6 is 11.3 Å². The largest absolute Gasteiger partial charge is 0.396 e. The van der Waals surface area contributed by atoms with E-state index in [1.807, 2.05) is 13.8 Å². The Morgan fingerprint density at radius 2 is 2.05 bits per heavy atom. The average Bonchev–Trinajstić information content (AvgIpc) is 2.92. The molecule has 0 saturated carbocycles. The van der Waals surface area contributed by atoms with Crippen LogP contribution in [0.2, 0.25) is 0 Å². The van der Waals surface area contributed by atoms with Gasteiger partial charge in [-0.2, -0.15) is 0 Å². The van der Waals surface area contributed by atoms with Crippen molar-refractivity contribution < 1.29 is 14.3 Å². The second-order valence-corrected chi connectivity index (χ2v) is 6.42. The van der Waals surface area contributed by atoms with Gasteiger partial charge in [0.15, 0.2) is 0 Å². The molecule has 0 spiro atoms. The maximum Gasteiger partial charge on any atom is 0.261 e. The fraction of sp³-hybridized carbons (Fsp3) is 0.438. The molecule has 0 saturated heterocycles. The molecule has 3 nitrogen and oxygen atoms in total. The van der Waals surface area contributed by atoms with E-state index in [-0.39, 0.29) is 23.7 Å². The lowest BCUT2D eigenvalue weighted by Gasteiger charge is -2.29. The number of amides is 1. The monoisotopic (exact) mass is 309 g/mol. The van der Waals surface area contributed by atoms with E-state index in [1.165, 1.54) is 23.5 Å². The summed E-state index contributed by atoms with van der Waals surface area (Å²) in [6.07, 6.45) is 1.61. The molecule has 0 aliphatic heterocycles. The molecular formula is C16H20FNO2S. The SMILES string of the molecule is CCC(CC)(CO)CNC(=O)c1cc2cc(F)ccc2s1. The van der Waals surface area contributed by atoms with Gasteiger partial charge in [-0.05, 0) is 42.5 Å². The van der Waals surface area contributed by atoms with Crippen LogP contribution in [0.25, 0.3) is 10.1 Å². The van der Waals surface area contributed by atoms with Gasteiger partial charge < -0.3 is 10.4 Å².